The minimum Gasteiger partial charge on any atom is -0.484 e. The first kappa shape index (κ1) is 15.7. The second kappa shape index (κ2) is 6.42. The number of benzene rings is 1. The number of nitrogens with one attached hydrogen (secondary N) is 1. The van der Waals surface area contributed by atoms with Gasteiger partial charge in [0.15, 0.2) is 6.61 Å². The first-order chi connectivity index (χ1) is 10.3. The first-order valence-electron chi connectivity index (χ1n) is 6.06. The lowest BCUT2D eigenvalue weighted by atomic mass is 10.3. The monoisotopic (exact) mass is 314 g/mol. The summed E-state index contributed by atoms with van der Waals surface area (Å²) in [5.74, 6) is -0.834. The summed E-state index contributed by atoms with van der Waals surface area (Å²) in [5, 5.41) is 2.26. The Bertz CT molecular complexity index is 657. The highest BCUT2D eigenvalue weighted by Gasteiger charge is 2.32. The van der Waals surface area contributed by atoms with Crippen LogP contribution in [0.4, 0.5) is 23.2 Å². The summed E-state index contributed by atoms with van der Waals surface area (Å²) in [6, 6.07) is 6.92. The molecule has 0 atom stereocenters. The summed E-state index contributed by atoms with van der Waals surface area (Å²) >= 11 is 0. The van der Waals surface area contributed by atoms with E-state index in [1.807, 2.05) is 0 Å². The van der Waals surface area contributed by atoms with Crippen molar-refractivity contribution < 1.29 is 27.1 Å². The zero-order valence-electron chi connectivity index (χ0n) is 11.0. The molecule has 1 aromatic heterocycles. The molecule has 0 unspecified atom stereocenters. The highest BCUT2D eigenvalue weighted by atomic mass is 19.4. The Balaban J connectivity index is 1.93. The van der Waals surface area contributed by atoms with Gasteiger partial charge in [-0.25, -0.2) is 4.39 Å². The molecular formula is C14H10F4N2O2. The van der Waals surface area contributed by atoms with E-state index in [2.05, 4.69) is 10.3 Å². The van der Waals surface area contributed by atoms with Crippen LogP contribution in [-0.4, -0.2) is 17.5 Å². The minimum atomic E-state index is -4.59. The van der Waals surface area contributed by atoms with Crippen molar-refractivity contribution in [1.82, 2.24) is 4.98 Å². The minimum absolute atomic E-state index is 0.0463. The maximum Gasteiger partial charge on any atom is 0.433 e. The van der Waals surface area contributed by atoms with Crippen LogP contribution in [0.2, 0.25) is 0 Å². The summed E-state index contributed by atoms with van der Waals surface area (Å²) in [5.41, 5.74) is -1.15. The Morgan fingerprint density at radius 2 is 1.86 bits per heavy atom. The Morgan fingerprint density at radius 1 is 1.18 bits per heavy atom. The van der Waals surface area contributed by atoms with E-state index in [1.54, 1.807) is 0 Å². The van der Waals surface area contributed by atoms with Crippen molar-refractivity contribution in [3.05, 3.63) is 54.1 Å². The number of aromatic nitrogens is 1. The summed E-state index contributed by atoms with van der Waals surface area (Å²) in [6.07, 6.45) is -3.65. The molecule has 1 N–H and O–H groups in total. The maximum atomic E-state index is 12.7. The number of hydrogen-bond donors (Lipinski definition) is 1. The van der Waals surface area contributed by atoms with Crippen LogP contribution in [-0.2, 0) is 11.0 Å². The van der Waals surface area contributed by atoms with Gasteiger partial charge in [-0.15, -0.1) is 0 Å². The topological polar surface area (TPSA) is 51.2 Å². The van der Waals surface area contributed by atoms with Gasteiger partial charge in [0, 0.05) is 11.9 Å². The van der Waals surface area contributed by atoms with Crippen LogP contribution in [0.25, 0.3) is 0 Å². The van der Waals surface area contributed by atoms with Crippen molar-refractivity contribution in [1.29, 1.82) is 0 Å². The van der Waals surface area contributed by atoms with Crippen LogP contribution in [0.5, 0.6) is 5.75 Å². The zero-order chi connectivity index (χ0) is 16.2. The highest BCUT2D eigenvalue weighted by Crippen LogP contribution is 2.28. The third-order valence-corrected chi connectivity index (χ3v) is 2.52. The van der Waals surface area contributed by atoms with Crippen LogP contribution in [0.1, 0.15) is 5.69 Å². The Hall–Kier alpha value is -2.64. The summed E-state index contributed by atoms with van der Waals surface area (Å²) in [7, 11) is 0. The maximum absolute atomic E-state index is 12.7. The van der Waals surface area contributed by atoms with Crippen molar-refractivity contribution >= 4 is 11.6 Å². The van der Waals surface area contributed by atoms with E-state index < -0.39 is 30.2 Å². The average molecular weight is 314 g/mol. The summed E-state index contributed by atoms with van der Waals surface area (Å²) in [6.45, 7) is -0.421. The number of alkyl halides is 3. The molecule has 1 amide bonds. The predicted octanol–water partition coefficient (Wildman–Crippen LogP) is 3.26. The van der Waals surface area contributed by atoms with Crippen LogP contribution < -0.4 is 10.1 Å². The molecule has 4 nitrogen and oxygen atoms in total. The molecule has 0 aliphatic rings. The van der Waals surface area contributed by atoms with E-state index >= 15 is 0 Å². The molecular weight excluding hydrogens is 304 g/mol. The van der Waals surface area contributed by atoms with Crippen molar-refractivity contribution in [2.24, 2.45) is 0 Å². The molecule has 2 rings (SSSR count). The molecule has 0 saturated carbocycles. The van der Waals surface area contributed by atoms with Crippen LogP contribution in [0.3, 0.4) is 0 Å². The molecule has 2 aromatic rings. The van der Waals surface area contributed by atoms with Crippen LogP contribution >= 0.6 is 0 Å². The molecule has 0 aliphatic heterocycles. The lowest BCUT2D eigenvalue weighted by Crippen LogP contribution is -2.20. The molecule has 116 valence electrons. The lowest BCUT2D eigenvalue weighted by Gasteiger charge is -2.09. The number of carbonyl (C=O) groups is 1. The number of pyridine rings is 1. The average Bonchev–Trinajstić information content (AvgIpc) is 2.46. The lowest BCUT2D eigenvalue weighted by molar-refractivity contribution is -0.141. The molecule has 0 radical (unpaired) electrons. The highest BCUT2D eigenvalue weighted by molar-refractivity contribution is 5.91. The summed E-state index contributed by atoms with van der Waals surface area (Å²) in [4.78, 5) is 14.8. The number of carbonyl (C=O) groups excluding carboxylic acids is 1. The Kier molecular flexibility index (Phi) is 4.59. The Morgan fingerprint density at radius 3 is 2.50 bits per heavy atom. The van der Waals surface area contributed by atoms with Gasteiger partial charge < -0.3 is 10.1 Å². The van der Waals surface area contributed by atoms with Gasteiger partial charge in [0.1, 0.15) is 17.3 Å². The molecule has 22 heavy (non-hydrogen) atoms. The number of rotatable bonds is 4. The van der Waals surface area contributed by atoms with E-state index in [1.165, 1.54) is 18.2 Å². The fourth-order valence-electron chi connectivity index (χ4n) is 1.54. The van der Waals surface area contributed by atoms with Gasteiger partial charge in [0.2, 0.25) is 0 Å². The smallest absolute Gasteiger partial charge is 0.433 e. The van der Waals surface area contributed by atoms with Crippen LogP contribution in [0, 0.1) is 5.82 Å². The van der Waals surface area contributed by atoms with Gasteiger partial charge in [-0.3, -0.25) is 9.78 Å². The van der Waals surface area contributed by atoms with E-state index in [0.717, 1.165) is 24.4 Å². The SMILES string of the molecule is O=C(COc1ccc(F)cc1)Nc1ccnc(C(F)(F)F)c1. The van der Waals surface area contributed by atoms with E-state index in [0.29, 0.717) is 0 Å². The second-order valence-electron chi connectivity index (χ2n) is 4.22. The number of hydrogen-bond acceptors (Lipinski definition) is 3. The fourth-order valence-corrected chi connectivity index (χ4v) is 1.54. The first-order valence-corrected chi connectivity index (χ1v) is 6.06. The van der Waals surface area contributed by atoms with Gasteiger partial charge in [-0.05, 0) is 36.4 Å². The van der Waals surface area contributed by atoms with Crippen molar-refractivity contribution in [3.63, 3.8) is 0 Å². The third kappa shape index (κ3) is 4.44. The number of anilines is 1. The van der Waals surface area contributed by atoms with Gasteiger partial charge in [-0.2, -0.15) is 13.2 Å². The third-order valence-electron chi connectivity index (χ3n) is 2.52. The molecule has 0 spiro atoms. The van der Waals surface area contributed by atoms with E-state index in [4.69, 9.17) is 4.74 Å². The quantitative estimate of drug-likeness (QED) is 0.881. The predicted molar refractivity (Wildman–Crippen MR) is 69.8 cm³/mol. The van der Waals surface area contributed by atoms with Gasteiger partial charge in [-0.1, -0.05) is 0 Å². The molecule has 8 heteroatoms. The van der Waals surface area contributed by atoms with Crippen molar-refractivity contribution in [2.75, 3.05) is 11.9 Å². The van der Waals surface area contributed by atoms with E-state index in [9.17, 15) is 22.4 Å². The molecule has 0 fully saturated rings. The zero-order valence-corrected chi connectivity index (χ0v) is 11.0. The van der Waals surface area contributed by atoms with Gasteiger partial charge >= 0.3 is 6.18 Å². The molecule has 1 heterocycles. The fraction of sp³-hybridized carbons (Fsp3) is 0.143. The molecule has 0 bridgehead atoms. The van der Waals surface area contributed by atoms with E-state index in [-0.39, 0.29) is 11.4 Å². The number of halogens is 4. The Labute approximate surface area is 122 Å². The van der Waals surface area contributed by atoms with Gasteiger partial charge in [0.05, 0.1) is 0 Å². The van der Waals surface area contributed by atoms with Crippen molar-refractivity contribution in [3.8, 4) is 5.75 Å². The molecule has 1 aromatic carbocycles. The molecule has 0 saturated heterocycles. The summed E-state index contributed by atoms with van der Waals surface area (Å²) < 4.78 is 55.2. The largest absolute Gasteiger partial charge is 0.484 e. The molecule has 0 aliphatic carbocycles. The number of amides is 1. The van der Waals surface area contributed by atoms with Gasteiger partial charge in [0.25, 0.3) is 5.91 Å². The standard InChI is InChI=1S/C14H10F4N2O2/c15-9-1-3-11(4-2-9)22-8-13(21)20-10-5-6-19-12(7-10)14(16,17)18/h1-7H,8H2,(H,19,20,21). The number of nitrogens with zero attached hydrogens (tertiary/aromatic N) is 1. The van der Waals surface area contributed by atoms with Crippen molar-refractivity contribution in [2.45, 2.75) is 6.18 Å². The number of ether oxygens (including phenoxy) is 1. The van der Waals surface area contributed by atoms with Crippen LogP contribution in [0.15, 0.2) is 42.6 Å². The normalized spacial score (nSPS) is 11.1. The second-order valence-corrected chi connectivity index (χ2v) is 4.22.